The molecule has 0 saturated carbocycles. The molecule has 9 heteroatoms. The molecule has 0 fully saturated rings. The van der Waals surface area contributed by atoms with Gasteiger partial charge in [-0.05, 0) is 30.3 Å². The first kappa shape index (κ1) is 18.2. The average Bonchev–Trinajstić information content (AvgIpc) is 2.54. The third-order valence-corrected chi connectivity index (χ3v) is 4.52. The summed E-state index contributed by atoms with van der Waals surface area (Å²) in [6.07, 6.45) is 0. The molecule has 0 radical (unpaired) electrons. The molecule has 0 saturated heterocycles. The van der Waals surface area contributed by atoms with Crippen molar-refractivity contribution >= 4 is 33.2 Å². The first-order valence-electron chi connectivity index (χ1n) is 6.89. The highest BCUT2D eigenvalue weighted by Crippen LogP contribution is 2.21. The number of nitrogens with one attached hydrogen (secondary N) is 1. The number of anilines is 1. The SMILES string of the molecule is NS(=O)(=O)c1cc(C(=O)NN(CCO)c2ccccc2)ccc1Cl. The van der Waals surface area contributed by atoms with Crippen molar-refractivity contribution in [3.8, 4) is 0 Å². The van der Waals surface area contributed by atoms with E-state index in [-0.39, 0.29) is 28.6 Å². The molecule has 0 unspecified atom stereocenters. The summed E-state index contributed by atoms with van der Waals surface area (Å²) in [4.78, 5) is 12.1. The molecule has 128 valence electrons. The van der Waals surface area contributed by atoms with Crippen molar-refractivity contribution < 1.29 is 18.3 Å². The van der Waals surface area contributed by atoms with Crippen molar-refractivity contribution in [3.05, 3.63) is 59.1 Å². The van der Waals surface area contributed by atoms with Gasteiger partial charge in [-0.15, -0.1) is 0 Å². The van der Waals surface area contributed by atoms with E-state index >= 15 is 0 Å². The van der Waals surface area contributed by atoms with Gasteiger partial charge in [-0.25, -0.2) is 13.6 Å². The maximum absolute atomic E-state index is 12.4. The van der Waals surface area contributed by atoms with Crippen LogP contribution in [0.5, 0.6) is 0 Å². The summed E-state index contributed by atoms with van der Waals surface area (Å²) in [6, 6.07) is 12.7. The van der Waals surface area contributed by atoms with Crippen LogP contribution in [0.2, 0.25) is 5.02 Å². The number of hydrogen-bond acceptors (Lipinski definition) is 5. The predicted molar refractivity (Wildman–Crippen MR) is 91.2 cm³/mol. The molecule has 0 spiro atoms. The van der Waals surface area contributed by atoms with Crippen LogP contribution < -0.4 is 15.6 Å². The summed E-state index contributed by atoms with van der Waals surface area (Å²) < 4.78 is 23.0. The van der Waals surface area contributed by atoms with Crippen LogP contribution in [0.15, 0.2) is 53.4 Å². The fraction of sp³-hybridized carbons (Fsp3) is 0.133. The largest absolute Gasteiger partial charge is 0.394 e. The number of hydrogen-bond donors (Lipinski definition) is 3. The zero-order valence-corrected chi connectivity index (χ0v) is 14.1. The van der Waals surface area contributed by atoms with Gasteiger partial charge in [-0.3, -0.25) is 15.2 Å². The number of nitrogens with zero attached hydrogens (tertiary/aromatic N) is 1. The molecular weight excluding hydrogens is 354 g/mol. The van der Waals surface area contributed by atoms with E-state index in [4.69, 9.17) is 21.8 Å². The minimum absolute atomic E-state index is 0.0654. The fourth-order valence-corrected chi connectivity index (χ4v) is 3.08. The highest BCUT2D eigenvalue weighted by molar-refractivity contribution is 7.89. The van der Waals surface area contributed by atoms with Crippen molar-refractivity contribution in [3.63, 3.8) is 0 Å². The number of halogens is 1. The van der Waals surface area contributed by atoms with Gasteiger partial charge in [0.2, 0.25) is 10.0 Å². The summed E-state index contributed by atoms with van der Waals surface area (Å²) in [7, 11) is -4.05. The van der Waals surface area contributed by atoms with Crippen molar-refractivity contribution in [2.45, 2.75) is 4.90 Å². The molecule has 0 atom stereocenters. The number of aliphatic hydroxyl groups is 1. The van der Waals surface area contributed by atoms with E-state index in [2.05, 4.69) is 5.43 Å². The summed E-state index contributed by atoms with van der Waals surface area (Å²) in [5.41, 5.74) is 3.34. The van der Waals surface area contributed by atoms with Gasteiger partial charge in [0.15, 0.2) is 0 Å². The molecule has 4 N–H and O–H groups in total. The lowest BCUT2D eigenvalue weighted by Gasteiger charge is -2.24. The first-order valence-corrected chi connectivity index (χ1v) is 8.82. The highest BCUT2D eigenvalue weighted by Gasteiger charge is 2.18. The van der Waals surface area contributed by atoms with Crippen LogP contribution in [0.4, 0.5) is 5.69 Å². The zero-order valence-electron chi connectivity index (χ0n) is 12.5. The molecule has 2 aromatic rings. The second-order valence-electron chi connectivity index (χ2n) is 4.84. The summed E-state index contributed by atoms with van der Waals surface area (Å²) in [5.74, 6) is -0.561. The van der Waals surface area contributed by atoms with E-state index in [0.29, 0.717) is 5.69 Å². The Balaban J connectivity index is 2.28. The van der Waals surface area contributed by atoms with Crippen LogP contribution >= 0.6 is 11.6 Å². The molecule has 2 rings (SSSR count). The van der Waals surface area contributed by atoms with E-state index in [9.17, 15) is 13.2 Å². The second kappa shape index (κ2) is 7.63. The lowest BCUT2D eigenvalue weighted by Crippen LogP contribution is -2.44. The van der Waals surface area contributed by atoms with Crippen LogP contribution in [-0.4, -0.2) is 32.6 Å². The third kappa shape index (κ3) is 4.45. The Morgan fingerprint density at radius 3 is 2.46 bits per heavy atom. The minimum Gasteiger partial charge on any atom is -0.394 e. The molecule has 24 heavy (non-hydrogen) atoms. The maximum atomic E-state index is 12.4. The fourth-order valence-electron chi connectivity index (χ4n) is 2.01. The van der Waals surface area contributed by atoms with Crippen LogP contribution in [-0.2, 0) is 10.0 Å². The van der Waals surface area contributed by atoms with Crippen molar-refractivity contribution in [2.75, 3.05) is 18.2 Å². The van der Waals surface area contributed by atoms with Gasteiger partial charge < -0.3 is 5.11 Å². The number of amides is 1. The number of carbonyl (C=O) groups is 1. The van der Waals surface area contributed by atoms with Crippen LogP contribution in [0.1, 0.15) is 10.4 Å². The van der Waals surface area contributed by atoms with E-state index < -0.39 is 15.9 Å². The molecule has 0 aromatic heterocycles. The highest BCUT2D eigenvalue weighted by atomic mass is 35.5. The Morgan fingerprint density at radius 1 is 1.21 bits per heavy atom. The van der Waals surface area contributed by atoms with Gasteiger partial charge in [0.25, 0.3) is 5.91 Å². The van der Waals surface area contributed by atoms with E-state index in [1.54, 1.807) is 24.3 Å². The summed E-state index contributed by atoms with van der Waals surface area (Å²) in [5, 5.41) is 15.6. The average molecular weight is 370 g/mol. The number of hydrazine groups is 1. The van der Waals surface area contributed by atoms with E-state index in [1.807, 2.05) is 6.07 Å². The Bertz CT molecular complexity index is 828. The van der Waals surface area contributed by atoms with Gasteiger partial charge in [0, 0.05) is 5.56 Å². The molecule has 0 aliphatic carbocycles. The number of para-hydroxylation sites is 1. The van der Waals surface area contributed by atoms with Gasteiger partial charge >= 0.3 is 0 Å². The van der Waals surface area contributed by atoms with Crippen LogP contribution in [0.3, 0.4) is 0 Å². The normalized spacial score (nSPS) is 11.1. The van der Waals surface area contributed by atoms with E-state index in [0.717, 1.165) is 6.07 Å². The summed E-state index contributed by atoms with van der Waals surface area (Å²) >= 11 is 5.80. The maximum Gasteiger partial charge on any atom is 0.269 e. The van der Waals surface area contributed by atoms with Gasteiger partial charge in [-0.2, -0.15) is 0 Å². The number of sulfonamides is 1. The Labute approximate surface area is 144 Å². The predicted octanol–water partition coefficient (Wildman–Crippen LogP) is 1.13. The number of aliphatic hydroxyl groups excluding tert-OH is 1. The van der Waals surface area contributed by atoms with Gasteiger partial charge in [-0.1, -0.05) is 29.8 Å². The van der Waals surface area contributed by atoms with Crippen molar-refractivity contribution in [2.24, 2.45) is 5.14 Å². The van der Waals surface area contributed by atoms with Crippen LogP contribution in [0, 0.1) is 0 Å². The lowest BCUT2D eigenvalue weighted by molar-refractivity contribution is 0.0947. The van der Waals surface area contributed by atoms with Gasteiger partial charge in [0.1, 0.15) is 4.90 Å². The molecule has 7 nitrogen and oxygen atoms in total. The molecule has 0 heterocycles. The number of carbonyl (C=O) groups excluding carboxylic acids is 1. The molecule has 0 aliphatic rings. The number of rotatable bonds is 6. The standard InChI is InChI=1S/C15H16ClN3O4S/c16-13-7-6-11(10-14(13)24(17,22)23)15(21)18-19(8-9-20)12-4-2-1-3-5-12/h1-7,10,20H,8-9H2,(H,18,21)(H2,17,22,23). The Kier molecular flexibility index (Phi) is 5.79. The minimum atomic E-state index is -4.05. The summed E-state index contributed by atoms with van der Waals surface area (Å²) in [6.45, 7) is -0.0242. The third-order valence-electron chi connectivity index (χ3n) is 3.13. The quantitative estimate of drug-likeness (QED) is 0.661. The first-order chi connectivity index (χ1) is 11.3. The molecule has 1 amide bonds. The van der Waals surface area contributed by atoms with Gasteiger partial charge in [0.05, 0.1) is 23.9 Å². The lowest BCUT2D eigenvalue weighted by atomic mass is 10.2. The molecule has 0 bridgehead atoms. The van der Waals surface area contributed by atoms with Crippen molar-refractivity contribution in [1.29, 1.82) is 0 Å². The number of primary sulfonamides is 1. The van der Waals surface area contributed by atoms with Crippen LogP contribution in [0.25, 0.3) is 0 Å². The van der Waals surface area contributed by atoms with E-state index in [1.165, 1.54) is 17.1 Å². The van der Waals surface area contributed by atoms with Crippen molar-refractivity contribution in [1.82, 2.24) is 5.43 Å². The zero-order chi connectivity index (χ0) is 17.7. The number of benzene rings is 2. The second-order valence-corrected chi connectivity index (χ2v) is 6.78. The topological polar surface area (TPSA) is 113 Å². The number of nitrogens with two attached hydrogens (primary N) is 1. The Hall–Kier alpha value is -2.13. The Morgan fingerprint density at radius 2 is 1.88 bits per heavy atom. The molecular formula is C15H16ClN3O4S. The smallest absolute Gasteiger partial charge is 0.269 e. The monoisotopic (exact) mass is 369 g/mol. The molecule has 2 aromatic carbocycles. The molecule has 0 aliphatic heterocycles.